The van der Waals surface area contributed by atoms with E-state index in [0.29, 0.717) is 0 Å². The average molecular weight is 410 g/mol. The van der Waals surface area contributed by atoms with E-state index in [1.54, 1.807) is 0 Å². The lowest BCUT2D eigenvalue weighted by molar-refractivity contribution is 0.00578. The quantitative estimate of drug-likeness (QED) is 0.497. The molecule has 0 radical (unpaired) electrons. The summed E-state index contributed by atoms with van der Waals surface area (Å²) in [6, 6.07) is 26.6. The van der Waals surface area contributed by atoms with Crippen LogP contribution in [0.5, 0.6) is 0 Å². The third kappa shape index (κ3) is 3.09. The SMILES string of the molecule is CC1(C)c2ccccc2C(c2ccc(B3OC(C)(C)C(C)(C)O3)cc2)c2ccccc21. The summed E-state index contributed by atoms with van der Waals surface area (Å²) < 4.78 is 12.5. The van der Waals surface area contributed by atoms with Gasteiger partial charge in [-0.2, -0.15) is 0 Å². The molecule has 2 nitrogen and oxygen atoms in total. The first-order valence-electron chi connectivity index (χ1n) is 11.3. The van der Waals surface area contributed by atoms with Gasteiger partial charge in [-0.25, -0.2) is 0 Å². The first-order chi connectivity index (χ1) is 14.6. The van der Waals surface area contributed by atoms with Crippen LogP contribution < -0.4 is 5.46 Å². The standard InChI is InChI=1S/C28H31BO2/c1-26(2)23-13-9-7-11-21(23)25(22-12-8-10-14-24(22)26)19-15-17-20(18-16-19)29-30-27(3,4)28(5,6)31-29/h7-18,25H,1-6H3. The molecule has 31 heavy (non-hydrogen) atoms. The fourth-order valence-corrected chi connectivity index (χ4v) is 5.13. The van der Waals surface area contributed by atoms with Gasteiger partial charge in [-0.1, -0.05) is 86.6 Å². The van der Waals surface area contributed by atoms with Crippen molar-refractivity contribution in [2.75, 3.05) is 0 Å². The Labute approximate surface area is 186 Å². The molecule has 1 aliphatic carbocycles. The monoisotopic (exact) mass is 410 g/mol. The zero-order valence-corrected chi connectivity index (χ0v) is 19.4. The van der Waals surface area contributed by atoms with Crippen LogP contribution in [0.3, 0.4) is 0 Å². The van der Waals surface area contributed by atoms with Crippen LogP contribution in [0.15, 0.2) is 72.8 Å². The molecule has 1 aliphatic heterocycles. The van der Waals surface area contributed by atoms with E-state index in [9.17, 15) is 0 Å². The second kappa shape index (κ2) is 6.82. The van der Waals surface area contributed by atoms with E-state index in [1.807, 2.05) is 0 Å². The van der Waals surface area contributed by atoms with Crippen molar-refractivity contribution in [2.45, 2.75) is 64.1 Å². The van der Waals surface area contributed by atoms with Gasteiger partial charge in [-0.3, -0.25) is 0 Å². The minimum Gasteiger partial charge on any atom is -0.399 e. The fraction of sp³-hybridized carbons (Fsp3) is 0.357. The number of rotatable bonds is 2. The van der Waals surface area contributed by atoms with E-state index in [2.05, 4.69) is 114 Å². The van der Waals surface area contributed by atoms with Gasteiger partial charge >= 0.3 is 7.12 Å². The van der Waals surface area contributed by atoms with Gasteiger partial charge < -0.3 is 9.31 Å². The Hall–Kier alpha value is -2.36. The summed E-state index contributed by atoms with van der Waals surface area (Å²) in [6.45, 7) is 13.1. The number of hydrogen-bond acceptors (Lipinski definition) is 2. The summed E-state index contributed by atoms with van der Waals surface area (Å²) >= 11 is 0. The largest absolute Gasteiger partial charge is 0.494 e. The van der Waals surface area contributed by atoms with Crippen LogP contribution in [0.4, 0.5) is 0 Å². The molecule has 3 heteroatoms. The van der Waals surface area contributed by atoms with Crippen molar-refractivity contribution in [1.82, 2.24) is 0 Å². The summed E-state index contributed by atoms with van der Waals surface area (Å²) in [5, 5.41) is 0. The van der Waals surface area contributed by atoms with Gasteiger partial charge in [0.2, 0.25) is 0 Å². The van der Waals surface area contributed by atoms with E-state index < -0.39 is 0 Å². The van der Waals surface area contributed by atoms with Crippen LogP contribution in [0.25, 0.3) is 0 Å². The summed E-state index contributed by atoms with van der Waals surface area (Å²) in [5.74, 6) is 0.229. The minimum absolute atomic E-state index is 0.00762. The Morgan fingerprint density at radius 3 is 1.55 bits per heavy atom. The fourth-order valence-electron chi connectivity index (χ4n) is 5.13. The van der Waals surface area contributed by atoms with Crippen molar-refractivity contribution in [1.29, 1.82) is 0 Å². The molecule has 1 fully saturated rings. The number of benzene rings is 3. The van der Waals surface area contributed by atoms with Gasteiger partial charge in [-0.15, -0.1) is 0 Å². The minimum atomic E-state index is -0.330. The second-order valence-electron chi connectivity index (χ2n) is 10.5. The normalized spacial score (nSPS) is 20.9. The highest BCUT2D eigenvalue weighted by molar-refractivity contribution is 6.62. The lowest BCUT2D eigenvalue weighted by Crippen LogP contribution is -2.41. The summed E-state index contributed by atoms with van der Waals surface area (Å²) in [4.78, 5) is 0. The molecule has 0 spiro atoms. The highest BCUT2D eigenvalue weighted by Crippen LogP contribution is 2.48. The number of fused-ring (bicyclic) bond motifs is 2. The molecule has 3 aromatic carbocycles. The predicted molar refractivity (Wildman–Crippen MR) is 128 cm³/mol. The molecule has 5 rings (SSSR count). The molecule has 0 saturated carbocycles. The Balaban J connectivity index is 1.56. The summed E-state index contributed by atoms with van der Waals surface area (Å²) in [7, 11) is -0.330. The molecule has 1 heterocycles. The maximum absolute atomic E-state index is 6.25. The number of hydrogen-bond donors (Lipinski definition) is 0. The average Bonchev–Trinajstić information content (AvgIpc) is 2.96. The zero-order valence-electron chi connectivity index (χ0n) is 19.4. The Morgan fingerprint density at radius 1 is 0.613 bits per heavy atom. The Morgan fingerprint density at radius 2 is 1.06 bits per heavy atom. The highest BCUT2D eigenvalue weighted by atomic mass is 16.7. The maximum Gasteiger partial charge on any atom is 0.494 e. The van der Waals surface area contributed by atoms with Crippen LogP contribution in [0.2, 0.25) is 0 Å². The van der Waals surface area contributed by atoms with Crippen molar-refractivity contribution in [2.24, 2.45) is 0 Å². The van der Waals surface area contributed by atoms with Gasteiger partial charge in [0.15, 0.2) is 0 Å². The molecule has 0 unspecified atom stereocenters. The second-order valence-corrected chi connectivity index (χ2v) is 10.5. The van der Waals surface area contributed by atoms with Gasteiger partial charge in [0.1, 0.15) is 0 Å². The van der Waals surface area contributed by atoms with Gasteiger partial charge in [-0.05, 0) is 61.0 Å². The maximum atomic E-state index is 6.25. The van der Waals surface area contributed by atoms with Crippen LogP contribution in [0.1, 0.15) is 75.3 Å². The third-order valence-electron chi connectivity index (χ3n) is 7.69. The zero-order chi connectivity index (χ0) is 22.0. The Bertz CT molecular complexity index is 1060. The van der Waals surface area contributed by atoms with Crippen molar-refractivity contribution >= 4 is 12.6 Å². The van der Waals surface area contributed by atoms with E-state index >= 15 is 0 Å². The topological polar surface area (TPSA) is 18.5 Å². The third-order valence-corrected chi connectivity index (χ3v) is 7.69. The first-order valence-corrected chi connectivity index (χ1v) is 11.3. The smallest absolute Gasteiger partial charge is 0.399 e. The van der Waals surface area contributed by atoms with Gasteiger partial charge in [0.05, 0.1) is 11.2 Å². The molecule has 0 amide bonds. The van der Waals surface area contributed by atoms with E-state index in [0.717, 1.165) is 5.46 Å². The highest BCUT2D eigenvalue weighted by Gasteiger charge is 2.51. The molecular formula is C28H31BO2. The Kier molecular flexibility index (Phi) is 4.52. The van der Waals surface area contributed by atoms with E-state index in [1.165, 1.54) is 27.8 Å². The van der Waals surface area contributed by atoms with Crippen LogP contribution in [-0.4, -0.2) is 18.3 Å². The molecule has 2 aliphatic rings. The lowest BCUT2D eigenvalue weighted by atomic mass is 9.64. The van der Waals surface area contributed by atoms with Crippen LogP contribution in [-0.2, 0) is 14.7 Å². The summed E-state index contributed by atoms with van der Waals surface area (Å²) in [6.07, 6.45) is 0. The lowest BCUT2D eigenvalue weighted by Gasteiger charge is -2.39. The molecular weight excluding hydrogens is 379 g/mol. The molecule has 1 saturated heterocycles. The molecule has 0 atom stereocenters. The molecule has 0 N–H and O–H groups in total. The van der Waals surface area contributed by atoms with Crippen LogP contribution in [0, 0.1) is 0 Å². The summed E-state index contributed by atoms with van der Waals surface area (Å²) in [5.41, 5.74) is 7.32. The molecule has 0 bridgehead atoms. The van der Waals surface area contributed by atoms with E-state index in [4.69, 9.17) is 9.31 Å². The van der Waals surface area contributed by atoms with Crippen molar-refractivity contribution in [3.63, 3.8) is 0 Å². The van der Waals surface area contributed by atoms with Gasteiger partial charge in [0.25, 0.3) is 0 Å². The van der Waals surface area contributed by atoms with E-state index in [-0.39, 0.29) is 29.7 Å². The van der Waals surface area contributed by atoms with Gasteiger partial charge in [0, 0.05) is 11.3 Å². The van der Waals surface area contributed by atoms with Crippen molar-refractivity contribution in [3.8, 4) is 0 Å². The van der Waals surface area contributed by atoms with Crippen molar-refractivity contribution < 1.29 is 9.31 Å². The van der Waals surface area contributed by atoms with Crippen LogP contribution >= 0.6 is 0 Å². The molecule has 3 aromatic rings. The molecule has 0 aromatic heterocycles. The first kappa shape index (κ1) is 20.5. The van der Waals surface area contributed by atoms with Crippen molar-refractivity contribution in [3.05, 3.63) is 101 Å². The predicted octanol–water partition coefficient (Wildman–Crippen LogP) is 5.81. The molecule has 158 valence electrons.